The van der Waals surface area contributed by atoms with Crippen LogP contribution in [0.4, 0.5) is 19.3 Å². The van der Waals surface area contributed by atoms with E-state index in [4.69, 9.17) is 15.2 Å². The average Bonchev–Trinajstić information content (AvgIpc) is 2.34. The quantitative estimate of drug-likeness (QED) is 0.889. The molecule has 5 nitrogen and oxygen atoms in total. The normalized spacial score (nSPS) is 18.7. The molecule has 0 heterocycles. The molecule has 1 aliphatic rings. The van der Waals surface area contributed by atoms with E-state index in [1.165, 1.54) is 7.11 Å². The summed E-state index contributed by atoms with van der Waals surface area (Å²) in [4.78, 5) is 11.9. The first kappa shape index (κ1) is 17.5. The highest BCUT2D eigenvalue weighted by Crippen LogP contribution is 2.52. The zero-order chi connectivity index (χ0) is 17.5. The number of alkyl halides is 2. The molecule has 1 aromatic carbocycles. The molecule has 0 spiro atoms. The third kappa shape index (κ3) is 4.10. The van der Waals surface area contributed by atoms with Gasteiger partial charge < -0.3 is 15.2 Å². The largest absolute Gasteiger partial charge is 0.497 e. The zero-order valence-electron chi connectivity index (χ0n) is 13.7. The monoisotopic (exact) mass is 328 g/mol. The van der Waals surface area contributed by atoms with Crippen LogP contribution in [0, 0.1) is 0 Å². The number of anilines is 1. The SMILES string of the molecule is COc1ccc(NC(=O)OC(C)(C)C)c(C2(N)CC(F)(F)C2)c1. The van der Waals surface area contributed by atoms with Crippen molar-refractivity contribution in [3.63, 3.8) is 0 Å². The molecule has 7 heteroatoms. The second kappa shape index (κ2) is 5.63. The van der Waals surface area contributed by atoms with Crippen LogP contribution in [0.25, 0.3) is 0 Å². The molecule has 0 aliphatic heterocycles. The lowest BCUT2D eigenvalue weighted by Crippen LogP contribution is -2.55. The maximum absolute atomic E-state index is 13.3. The molecular weight excluding hydrogens is 306 g/mol. The van der Waals surface area contributed by atoms with E-state index in [9.17, 15) is 13.6 Å². The molecular formula is C16H22F2N2O3. The first-order chi connectivity index (χ1) is 10.4. The smallest absolute Gasteiger partial charge is 0.412 e. The van der Waals surface area contributed by atoms with Crippen LogP contribution in [0.5, 0.6) is 5.75 Å². The fraction of sp³-hybridized carbons (Fsp3) is 0.562. The average molecular weight is 328 g/mol. The minimum Gasteiger partial charge on any atom is -0.497 e. The number of carbonyl (C=O) groups excluding carboxylic acids is 1. The van der Waals surface area contributed by atoms with E-state index in [0.717, 1.165) is 0 Å². The molecule has 1 aromatic rings. The summed E-state index contributed by atoms with van der Waals surface area (Å²) in [5.41, 5.74) is 4.98. The number of hydrogen-bond donors (Lipinski definition) is 2. The molecule has 0 atom stereocenters. The molecule has 1 fully saturated rings. The van der Waals surface area contributed by atoms with Gasteiger partial charge in [-0.2, -0.15) is 0 Å². The van der Waals surface area contributed by atoms with Crippen LogP contribution in [-0.4, -0.2) is 24.7 Å². The van der Waals surface area contributed by atoms with Gasteiger partial charge in [0.1, 0.15) is 11.4 Å². The summed E-state index contributed by atoms with van der Waals surface area (Å²) in [5, 5.41) is 2.58. The van der Waals surface area contributed by atoms with Crippen molar-refractivity contribution in [1.82, 2.24) is 0 Å². The number of nitrogens with two attached hydrogens (primary N) is 1. The maximum atomic E-state index is 13.3. The maximum Gasteiger partial charge on any atom is 0.412 e. The topological polar surface area (TPSA) is 73.6 Å². The summed E-state index contributed by atoms with van der Waals surface area (Å²) in [6, 6.07) is 4.77. The number of methoxy groups -OCH3 is 1. The number of benzene rings is 1. The van der Waals surface area contributed by atoms with Crippen molar-refractivity contribution in [1.29, 1.82) is 0 Å². The van der Waals surface area contributed by atoms with Gasteiger partial charge in [-0.3, -0.25) is 5.32 Å². The van der Waals surface area contributed by atoms with E-state index >= 15 is 0 Å². The Labute approximate surface area is 134 Å². The van der Waals surface area contributed by atoms with E-state index in [0.29, 0.717) is 17.0 Å². The molecule has 1 aliphatic carbocycles. The van der Waals surface area contributed by atoms with Gasteiger partial charge in [-0.15, -0.1) is 0 Å². The van der Waals surface area contributed by atoms with E-state index in [-0.39, 0.29) is 0 Å². The number of rotatable bonds is 3. The number of nitrogens with one attached hydrogen (secondary N) is 1. The summed E-state index contributed by atoms with van der Waals surface area (Å²) >= 11 is 0. The second-order valence-corrected chi connectivity index (χ2v) is 6.90. The van der Waals surface area contributed by atoms with Gasteiger partial charge in [0.15, 0.2) is 0 Å². The highest BCUT2D eigenvalue weighted by atomic mass is 19.3. The van der Waals surface area contributed by atoms with Gasteiger partial charge in [-0.05, 0) is 44.5 Å². The van der Waals surface area contributed by atoms with Gasteiger partial charge in [0.2, 0.25) is 0 Å². The van der Waals surface area contributed by atoms with Crippen LogP contribution in [0.3, 0.4) is 0 Å². The van der Waals surface area contributed by atoms with Crippen molar-refractivity contribution in [2.24, 2.45) is 5.73 Å². The number of ether oxygens (including phenoxy) is 2. The molecule has 2 rings (SSSR count). The van der Waals surface area contributed by atoms with Crippen molar-refractivity contribution in [2.75, 3.05) is 12.4 Å². The highest BCUT2D eigenvalue weighted by molar-refractivity contribution is 5.86. The predicted octanol–water partition coefficient (Wildman–Crippen LogP) is 3.63. The molecule has 0 saturated heterocycles. The van der Waals surface area contributed by atoms with E-state index in [1.54, 1.807) is 39.0 Å². The minimum absolute atomic E-state index is 0.345. The van der Waals surface area contributed by atoms with Crippen LogP contribution in [-0.2, 0) is 10.3 Å². The summed E-state index contributed by atoms with van der Waals surface area (Å²) in [7, 11) is 1.47. The fourth-order valence-electron chi connectivity index (χ4n) is 2.65. The second-order valence-electron chi connectivity index (χ2n) is 6.90. The van der Waals surface area contributed by atoms with E-state index in [1.807, 2.05) is 0 Å². The Morgan fingerprint density at radius 3 is 2.39 bits per heavy atom. The number of carbonyl (C=O) groups is 1. The number of hydrogen-bond acceptors (Lipinski definition) is 4. The zero-order valence-corrected chi connectivity index (χ0v) is 13.7. The van der Waals surface area contributed by atoms with Crippen molar-refractivity contribution in [2.45, 2.75) is 50.7 Å². The van der Waals surface area contributed by atoms with E-state index < -0.39 is 36.0 Å². The summed E-state index contributed by atoms with van der Waals surface area (Å²) in [6.07, 6.45) is -1.62. The van der Waals surface area contributed by atoms with Crippen LogP contribution in [0.15, 0.2) is 18.2 Å². The van der Waals surface area contributed by atoms with Crippen molar-refractivity contribution in [3.8, 4) is 5.75 Å². The Balaban J connectivity index is 2.28. The van der Waals surface area contributed by atoms with E-state index in [2.05, 4.69) is 5.32 Å². The lowest BCUT2D eigenvalue weighted by Gasteiger charge is -2.45. The molecule has 23 heavy (non-hydrogen) atoms. The van der Waals surface area contributed by atoms with Crippen molar-refractivity contribution in [3.05, 3.63) is 23.8 Å². The Bertz CT molecular complexity index is 604. The van der Waals surface area contributed by atoms with Gasteiger partial charge in [0, 0.05) is 18.5 Å². The third-order valence-corrected chi connectivity index (χ3v) is 3.55. The lowest BCUT2D eigenvalue weighted by molar-refractivity contribution is -0.124. The number of halogens is 2. The predicted molar refractivity (Wildman–Crippen MR) is 82.9 cm³/mol. The molecule has 0 aromatic heterocycles. The first-order valence-corrected chi connectivity index (χ1v) is 7.29. The van der Waals surface area contributed by atoms with Gasteiger partial charge >= 0.3 is 6.09 Å². The molecule has 1 saturated carbocycles. The first-order valence-electron chi connectivity index (χ1n) is 7.29. The molecule has 128 valence electrons. The minimum atomic E-state index is -2.79. The third-order valence-electron chi connectivity index (χ3n) is 3.55. The summed E-state index contributed by atoms with van der Waals surface area (Å²) < 4.78 is 36.9. The van der Waals surface area contributed by atoms with Gasteiger partial charge in [0.05, 0.1) is 12.6 Å². The number of amides is 1. The Hall–Kier alpha value is -1.89. The van der Waals surface area contributed by atoms with Crippen LogP contribution >= 0.6 is 0 Å². The van der Waals surface area contributed by atoms with Crippen LogP contribution in [0.1, 0.15) is 39.2 Å². The van der Waals surface area contributed by atoms with Crippen LogP contribution < -0.4 is 15.8 Å². The lowest BCUT2D eigenvalue weighted by atomic mass is 9.69. The molecule has 0 bridgehead atoms. The Morgan fingerprint density at radius 1 is 1.30 bits per heavy atom. The Kier molecular flexibility index (Phi) is 4.28. The molecule has 0 radical (unpaired) electrons. The highest BCUT2D eigenvalue weighted by Gasteiger charge is 2.56. The van der Waals surface area contributed by atoms with Gasteiger partial charge in [-0.25, -0.2) is 13.6 Å². The van der Waals surface area contributed by atoms with Gasteiger partial charge in [0.25, 0.3) is 5.92 Å². The standard InChI is InChI=1S/C16H22F2N2O3/c1-14(2,3)23-13(21)20-12-6-5-10(22-4)7-11(12)15(19)8-16(17,18)9-15/h5-7H,8-9,19H2,1-4H3,(H,20,21). The Morgan fingerprint density at radius 2 is 1.91 bits per heavy atom. The fourth-order valence-corrected chi connectivity index (χ4v) is 2.65. The van der Waals surface area contributed by atoms with Gasteiger partial charge in [-0.1, -0.05) is 0 Å². The molecule has 1 amide bonds. The molecule has 3 N–H and O–H groups in total. The summed E-state index contributed by atoms with van der Waals surface area (Å²) in [6.45, 7) is 5.20. The summed E-state index contributed by atoms with van der Waals surface area (Å²) in [5.74, 6) is -2.31. The van der Waals surface area contributed by atoms with Crippen LogP contribution in [0.2, 0.25) is 0 Å². The van der Waals surface area contributed by atoms with Crippen molar-refractivity contribution < 1.29 is 23.0 Å². The van der Waals surface area contributed by atoms with Crippen molar-refractivity contribution >= 4 is 11.8 Å². The molecule has 0 unspecified atom stereocenters.